The van der Waals surface area contributed by atoms with Crippen molar-refractivity contribution in [2.45, 2.75) is 13.5 Å². The number of rotatable bonds is 6. The monoisotopic (exact) mass is 286 g/mol. The summed E-state index contributed by atoms with van der Waals surface area (Å²) in [6, 6.07) is 12.8. The number of benzene rings is 2. The Kier molecular flexibility index (Phi) is 4.66. The molecule has 2 rings (SSSR count). The van der Waals surface area contributed by atoms with Crippen molar-refractivity contribution in [2.24, 2.45) is 5.73 Å². The molecule has 0 fully saturated rings. The van der Waals surface area contributed by atoms with E-state index in [1.54, 1.807) is 18.2 Å². The summed E-state index contributed by atoms with van der Waals surface area (Å²) in [4.78, 5) is 10.6. The first-order chi connectivity index (χ1) is 10.0. The molecule has 2 aromatic carbocycles. The van der Waals surface area contributed by atoms with Gasteiger partial charge in [-0.1, -0.05) is 18.2 Å². The number of phenolic OH excluding ortho intramolecular Hbond substituents is 1. The lowest BCUT2D eigenvalue weighted by Crippen LogP contribution is -2.19. The van der Waals surface area contributed by atoms with E-state index in [4.69, 9.17) is 10.5 Å². The summed E-state index contributed by atoms with van der Waals surface area (Å²) >= 11 is 0. The van der Waals surface area contributed by atoms with Gasteiger partial charge in [-0.25, -0.2) is 0 Å². The Bertz CT molecular complexity index is 624. The highest BCUT2D eigenvalue weighted by Crippen LogP contribution is 2.21. The third kappa shape index (κ3) is 4.42. The van der Waals surface area contributed by atoms with E-state index in [1.165, 1.54) is 0 Å². The fourth-order valence-corrected chi connectivity index (χ4v) is 1.78. The van der Waals surface area contributed by atoms with Crippen molar-refractivity contribution in [3.63, 3.8) is 0 Å². The molecule has 4 N–H and O–H groups in total. The van der Waals surface area contributed by atoms with Crippen LogP contribution in [0.25, 0.3) is 0 Å². The zero-order valence-corrected chi connectivity index (χ0v) is 11.8. The predicted molar refractivity (Wildman–Crippen MR) is 81.3 cm³/mol. The van der Waals surface area contributed by atoms with E-state index in [0.717, 1.165) is 16.8 Å². The maximum Gasteiger partial charge on any atom is 0.255 e. The second-order valence-corrected chi connectivity index (χ2v) is 4.75. The zero-order chi connectivity index (χ0) is 15.2. The molecule has 0 unspecified atom stereocenters. The number of primary amides is 1. The molecule has 0 saturated heterocycles. The summed E-state index contributed by atoms with van der Waals surface area (Å²) < 4.78 is 5.19. The number of carbonyl (C=O) groups is 1. The van der Waals surface area contributed by atoms with Crippen LogP contribution in [0, 0.1) is 6.92 Å². The summed E-state index contributed by atoms with van der Waals surface area (Å²) in [6.07, 6.45) is 0. The van der Waals surface area contributed by atoms with E-state index < -0.39 is 5.91 Å². The molecule has 1 amide bonds. The highest BCUT2D eigenvalue weighted by Gasteiger charge is 2.00. The number of nitrogens with two attached hydrogens (primary N) is 1. The molecule has 21 heavy (non-hydrogen) atoms. The first-order valence-corrected chi connectivity index (χ1v) is 6.58. The normalized spacial score (nSPS) is 10.1. The Morgan fingerprint density at radius 3 is 2.57 bits per heavy atom. The van der Waals surface area contributed by atoms with Crippen molar-refractivity contribution >= 4 is 11.6 Å². The molecule has 0 atom stereocenters. The van der Waals surface area contributed by atoms with Crippen LogP contribution in [-0.2, 0) is 11.3 Å². The van der Waals surface area contributed by atoms with Gasteiger partial charge in [-0.3, -0.25) is 4.79 Å². The van der Waals surface area contributed by atoms with Crippen molar-refractivity contribution in [3.8, 4) is 11.5 Å². The van der Waals surface area contributed by atoms with Crippen LogP contribution in [0.2, 0.25) is 0 Å². The van der Waals surface area contributed by atoms with E-state index in [-0.39, 0.29) is 12.4 Å². The Morgan fingerprint density at radius 2 is 1.95 bits per heavy atom. The lowest BCUT2D eigenvalue weighted by Gasteiger charge is -2.09. The van der Waals surface area contributed by atoms with Gasteiger partial charge in [-0.2, -0.15) is 0 Å². The maximum atomic E-state index is 10.6. The van der Waals surface area contributed by atoms with E-state index in [9.17, 15) is 9.90 Å². The minimum absolute atomic E-state index is 0.125. The minimum atomic E-state index is -0.500. The molecule has 0 bridgehead atoms. The van der Waals surface area contributed by atoms with Crippen molar-refractivity contribution in [1.29, 1.82) is 0 Å². The first-order valence-electron chi connectivity index (χ1n) is 6.58. The van der Waals surface area contributed by atoms with Gasteiger partial charge in [0.2, 0.25) is 0 Å². The molecular weight excluding hydrogens is 268 g/mol. The van der Waals surface area contributed by atoms with Gasteiger partial charge in [0.25, 0.3) is 5.91 Å². The second-order valence-electron chi connectivity index (χ2n) is 4.75. The average molecular weight is 286 g/mol. The standard InChI is InChI=1S/C16H18N2O3/c1-11-2-5-13(8-15(11)19)18-9-12-3-6-14(7-4-12)21-10-16(17)20/h2-8,18-19H,9-10H2,1H3,(H2,17,20). The molecule has 0 aliphatic rings. The number of ether oxygens (including phenoxy) is 1. The van der Waals surface area contributed by atoms with Gasteiger partial charge in [0, 0.05) is 18.3 Å². The number of aryl methyl sites for hydroxylation is 1. The zero-order valence-electron chi connectivity index (χ0n) is 11.8. The summed E-state index contributed by atoms with van der Waals surface area (Å²) in [5, 5.41) is 12.9. The number of hydrogen-bond acceptors (Lipinski definition) is 4. The van der Waals surface area contributed by atoms with Crippen LogP contribution in [-0.4, -0.2) is 17.6 Å². The molecule has 2 aromatic rings. The lowest BCUT2D eigenvalue weighted by molar-refractivity contribution is -0.119. The SMILES string of the molecule is Cc1ccc(NCc2ccc(OCC(N)=O)cc2)cc1O. The predicted octanol–water partition coefficient (Wildman–Crippen LogP) is 2.18. The van der Waals surface area contributed by atoms with Crippen LogP contribution in [0.3, 0.4) is 0 Å². The summed E-state index contributed by atoms with van der Waals surface area (Å²) in [5.74, 6) is 0.376. The summed E-state index contributed by atoms with van der Waals surface area (Å²) in [5.41, 5.74) is 7.77. The average Bonchev–Trinajstić information content (AvgIpc) is 2.47. The molecule has 5 nitrogen and oxygen atoms in total. The van der Waals surface area contributed by atoms with Gasteiger partial charge in [0.1, 0.15) is 11.5 Å². The Morgan fingerprint density at radius 1 is 1.24 bits per heavy atom. The van der Waals surface area contributed by atoms with Crippen LogP contribution in [0.5, 0.6) is 11.5 Å². The fourth-order valence-electron chi connectivity index (χ4n) is 1.78. The number of hydrogen-bond donors (Lipinski definition) is 3. The summed E-state index contributed by atoms with van der Waals surface area (Å²) in [7, 11) is 0. The lowest BCUT2D eigenvalue weighted by atomic mass is 10.2. The molecule has 0 spiro atoms. The van der Waals surface area contributed by atoms with Gasteiger partial charge in [-0.15, -0.1) is 0 Å². The molecule has 0 aliphatic carbocycles. The smallest absolute Gasteiger partial charge is 0.255 e. The van der Waals surface area contributed by atoms with E-state index in [2.05, 4.69) is 5.32 Å². The highest BCUT2D eigenvalue weighted by atomic mass is 16.5. The first kappa shape index (κ1) is 14.7. The number of phenols is 1. The Hall–Kier alpha value is -2.69. The van der Waals surface area contributed by atoms with E-state index in [1.807, 2.05) is 31.2 Å². The fraction of sp³-hybridized carbons (Fsp3) is 0.188. The van der Waals surface area contributed by atoms with Crippen LogP contribution >= 0.6 is 0 Å². The van der Waals surface area contributed by atoms with Gasteiger partial charge >= 0.3 is 0 Å². The maximum absolute atomic E-state index is 10.6. The van der Waals surface area contributed by atoms with Crippen molar-refractivity contribution in [2.75, 3.05) is 11.9 Å². The summed E-state index contributed by atoms with van der Waals surface area (Å²) in [6.45, 7) is 2.35. The Balaban J connectivity index is 1.91. The molecule has 110 valence electrons. The molecule has 0 aliphatic heterocycles. The highest BCUT2D eigenvalue weighted by molar-refractivity contribution is 5.75. The van der Waals surface area contributed by atoms with Gasteiger partial charge < -0.3 is 20.9 Å². The van der Waals surface area contributed by atoms with E-state index >= 15 is 0 Å². The number of aromatic hydroxyl groups is 1. The van der Waals surface area contributed by atoms with Crippen LogP contribution in [0.1, 0.15) is 11.1 Å². The molecular formula is C16H18N2O3. The van der Waals surface area contributed by atoms with Crippen LogP contribution in [0.15, 0.2) is 42.5 Å². The van der Waals surface area contributed by atoms with Crippen molar-refractivity contribution < 1.29 is 14.6 Å². The topological polar surface area (TPSA) is 84.6 Å². The van der Waals surface area contributed by atoms with Gasteiger partial charge in [0.05, 0.1) is 0 Å². The molecule has 0 aromatic heterocycles. The number of carbonyl (C=O) groups excluding carboxylic acids is 1. The van der Waals surface area contributed by atoms with Crippen LogP contribution < -0.4 is 15.8 Å². The van der Waals surface area contributed by atoms with Gasteiger partial charge in [0.15, 0.2) is 6.61 Å². The quantitative estimate of drug-likeness (QED) is 0.760. The number of anilines is 1. The minimum Gasteiger partial charge on any atom is -0.508 e. The van der Waals surface area contributed by atoms with Crippen LogP contribution in [0.4, 0.5) is 5.69 Å². The van der Waals surface area contributed by atoms with Crippen molar-refractivity contribution in [3.05, 3.63) is 53.6 Å². The molecule has 0 heterocycles. The second kappa shape index (κ2) is 6.65. The molecule has 0 saturated carbocycles. The van der Waals surface area contributed by atoms with Gasteiger partial charge in [-0.05, 0) is 36.2 Å². The number of amides is 1. The Labute approximate surface area is 123 Å². The molecule has 0 radical (unpaired) electrons. The van der Waals surface area contributed by atoms with Crippen molar-refractivity contribution in [1.82, 2.24) is 0 Å². The van der Waals surface area contributed by atoms with E-state index in [0.29, 0.717) is 12.3 Å². The largest absolute Gasteiger partial charge is 0.508 e. The third-order valence-corrected chi connectivity index (χ3v) is 3.01. The molecule has 5 heteroatoms. The third-order valence-electron chi connectivity index (χ3n) is 3.01. The number of nitrogens with one attached hydrogen (secondary N) is 1.